The van der Waals surface area contributed by atoms with E-state index in [1.54, 1.807) is 24.3 Å². The fourth-order valence-electron chi connectivity index (χ4n) is 4.52. The molecule has 0 unspecified atom stereocenters. The van der Waals surface area contributed by atoms with Gasteiger partial charge >= 0.3 is 0 Å². The first-order valence-corrected chi connectivity index (χ1v) is 12.4. The first-order valence-electron chi connectivity index (χ1n) is 10.9. The van der Waals surface area contributed by atoms with Crippen LogP contribution in [-0.2, 0) is 14.8 Å². The molecule has 6 heteroatoms. The molecule has 0 aliphatic heterocycles. The van der Waals surface area contributed by atoms with Gasteiger partial charge in [0.05, 0.1) is 11.4 Å². The van der Waals surface area contributed by atoms with Crippen LogP contribution in [0.1, 0.15) is 77.0 Å². The van der Waals surface area contributed by atoms with Gasteiger partial charge in [-0.15, -0.1) is 0 Å². The van der Waals surface area contributed by atoms with Crippen LogP contribution in [-0.4, -0.2) is 37.3 Å². The molecule has 0 spiro atoms. The summed E-state index contributed by atoms with van der Waals surface area (Å²) >= 11 is 0. The van der Waals surface area contributed by atoms with Crippen molar-refractivity contribution in [1.29, 1.82) is 0 Å². The Kier molecular flexibility index (Phi) is 7.91. The zero-order chi connectivity index (χ0) is 19.8. The summed E-state index contributed by atoms with van der Waals surface area (Å²) in [7, 11) is -3.68. The molecular formula is C22H34N2O3S. The topological polar surface area (TPSA) is 66.5 Å². The Labute approximate surface area is 169 Å². The molecule has 2 aliphatic rings. The maximum atomic E-state index is 13.3. The molecule has 0 bridgehead atoms. The van der Waals surface area contributed by atoms with E-state index in [9.17, 15) is 13.2 Å². The van der Waals surface area contributed by atoms with E-state index < -0.39 is 10.0 Å². The lowest BCUT2D eigenvalue weighted by Gasteiger charge is -2.33. The summed E-state index contributed by atoms with van der Waals surface area (Å²) in [5.41, 5.74) is 0. The number of carbonyl (C=O) groups excluding carboxylic acids is 1. The van der Waals surface area contributed by atoms with Crippen LogP contribution in [0.4, 0.5) is 0 Å². The van der Waals surface area contributed by atoms with Crippen LogP contribution in [0, 0.1) is 0 Å². The van der Waals surface area contributed by atoms with E-state index in [0.717, 1.165) is 57.8 Å². The molecule has 2 aliphatic carbocycles. The Bertz CT molecular complexity index is 707. The second-order valence-corrected chi connectivity index (χ2v) is 10.2. The second-order valence-electron chi connectivity index (χ2n) is 8.26. The minimum atomic E-state index is -3.68. The van der Waals surface area contributed by atoms with Gasteiger partial charge in [-0.2, -0.15) is 4.31 Å². The molecule has 2 fully saturated rings. The Hall–Kier alpha value is -1.40. The van der Waals surface area contributed by atoms with Gasteiger partial charge in [0.25, 0.3) is 0 Å². The second kappa shape index (κ2) is 10.4. The summed E-state index contributed by atoms with van der Waals surface area (Å²) < 4.78 is 28.1. The van der Waals surface area contributed by atoms with E-state index in [1.807, 2.05) is 6.07 Å². The molecule has 1 aromatic carbocycles. The molecule has 0 radical (unpaired) electrons. The van der Waals surface area contributed by atoms with E-state index in [0.29, 0.717) is 0 Å². The van der Waals surface area contributed by atoms with Crippen molar-refractivity contribution in [3.63, 3.8) is 0 Å². The van der Waals surface area contributed by atoms with Crippen molar-refractivity contribution >= 4 is 15.9 Å². The standard InChI is InChI=1S/C22H34N2O3S/c25-22(23-19-12-6-2-1-3-7-13-19)18-24(20-14-8-4-9-15-20)28(26,27)21-16-10-5-11-17-21/h5,10-11,16-17,19-20H,1-4,6-9,12-15,18H2,(H,23,25). The van der Waals surface area contributed by atoms with Gasteiger partial charge in [-0.05, 0) is 37.8 Å². The normalized spacial score (nSPS) is 20.5. The third-order valence-corrected chi connectivity index (χ3v) is 8.01. The molecule has 5 nitrogen and oxygen atoms in total. The summed E-state index contributed by atoms with van der Waals surface area (Å²) in [5.74, 6) is -0.157. The van der Waals surface area contributed by atoms with Gasteiger partial charge in [-0.3, -0.25) is 4.79 Å². The quantitative estimate of drug-likeness (QED) is 0.768. The Morgan fingerprint density at radius 2 is 1.39 bits per heavy atom. The molecule has 1 N–H and O–H groups in total. The zero-order valence-corrected chi connectivity index (χ0v) is 17.6. The van der Waals surface area contributed by atoms with Gasteiger partial charge in [0.1, 0.15) is 0 Å². The lowest BCUT2D eigenvalue weighted by Crippen LogP contribution is -2.48. The third-order valence-electron chi connectivity index (χ3n) is 6.10. The number of hydrogen-bond donors (Lipinski definition) is 1. The molecule has 0 aromatic heterocycles. The molecule has 0 atom stereocenters. The fourth-order valence-corrected chi connectivity index (χ4v) is 6.18. The van der Waals surface area contributed by atoms with E-state index in [-0.39, 0.29) is 29.4 Å². The number of nitrogens with zero attached hydrogens (tertiary/aromatic N) is 1. The summed E-state index contributed by atoms with van der Waals surface area (Å²) in [6.07, 6.45) is 12.9. The molecule has 156 valence electrons. The van der Waals surface area contributed by atoms with Crippen LogP contribution in [0.5, 0.6) is 0 Å². The number of nitrogens with one attached hydrogen (secondary N) is 1. The molecule has 1 amide bonds. The van der Waals surface area contributed by atoms with Gasteiger partial charge < -0.3 is 5.32 Å². The predicted molar refractivity (Wildman–Crippen MR) is 111 cm³/mol. The molecule has 3 rings (SSSR count). The Balaban J connectivity index is 1.72. The van der Waals surface area contributed by atoms with Crippen LogP contribution >= 0.6 is 0 Å². The van der Waals surface area contributed by atoms with Crippen molar-refractivity contribution in [1.82, 2.24) is 9.62 Å². The molecule has 28 heavy (non-hydrogen) atoms. The lowest BCUT2D eigenvalue weighted by atomic mass is 9.95. The van der Waals surface area contributed by atoms with E-state index in [4.69, 9.17) is 0 Å². The van der Waals surface area contributed by atoms with Crippen molar-refractivity contribution in [2.24, 2.45) is 0 Å². The lowest BCUT2D eigenvalue weighted by molar-refractivity contribution is -0.122. The van der Waals surface area contributed by atoms with Crippen molar-refractivity contribution in [3.8, 4) is 0 Å². The highest BCUT2D eigenvalue weighted by Crippen LogP contribution is 2.27. The molecule has 2 saturated carbocycles. The number of sulfonamides is 1. The third kappa shape index (κ3) is 5.80. The minimum absolute atomic E-state index is 0.0710. The van der Waals surface area contributed by atoms with Crippen molar-refractivity contribution in [3.05, 3.63) is 30.3 Å². The number of benzene rings is 1. The first kappa shape index (κ1) is 21.3. The average molecular weight is 407 g/mol. The maximum Gasteiger partial charge on any atom is 0.243 e. The van der Waals surface area contributed by atoms with E-state index in [2.05, 4.69) is 5.32 Å². The Morgan fingerprint density at radius 1 is 0.857 bits per heavy atom. The summed E-state index contributed by atoms with van der Waals surface area (Å²) in [4.78, 5) is 13.1. The molecular weight excluding hydrogens is 372 g/mol. The highest BCUT2D eigenvalue weighted by Gasteiger charge is 2.34. The van der Waals surface area contributed by atoms with Crippen molar-refractivity contribution in [2.45, 2.75) is 94.0 Å². The molecule has 0 saturated heterocycles. The highest BCUT2D eigenvalue weighted by molar-refractivity contribution is 7.89. The van der Waals surface area contributed by atoms with Gasteiger partial charge in [0.2, 0.25) is 15.9 Å². The van der Waals surface area contributed by atoms with Gasteiger partial charge in [0, 0.05) is 12.1 Å². The maximum absolute atomic E-state index is 13.3. The fraction of sp³-hybridized carbons (Fsp3) is 0.682. The van der Waals surface area contributed by atoms with Crippen LogP contribution in [0.15, 0.2) is 35.2 Å². The summed E-state index contributed by atoms with van der Waals surface area (Å²) in [5, 5.41) is 3.13. The van der Waals surface area contributed by atoms with Crippen molar-refractivity contribution in [2.75, 3.05) is 6.54 Å². The summed E-state index contributed by atoms with van der Waals surface area (Å²) in [6, 6.07) is 8.63. The smallest absolute Gasteiger partial charge is 0.243 e. The van der Waals surface area contributed by atoms with Gasteiger partial charge in [-0.25, -0.2) is 8.42 Å². The van der Waals surface area contributed by atoms with Gasteiger partial charge in [0.15, 0.2) is 0 Å². The zero-order valence-electron chi connectivity index (χ0n) is 16.8. The number of carbonyl (C=O) groups is 1. The number of rotatable bonds is 6. The summed E-state index contributed by atoms with van der Waals surface area (Å²) in [6.45, 7) is -0.0710. The van der Waals surface area contributed by atoms with Crippen LogP contribution in [0.25, 0.3) is 0 Å². The monoisotopic (exact) mass is 406 g/mol. The predicted octanol–water partition coefficient (Wildman–Crippen LogP) is 4.24. The molecule has 0 heterocycles. The Morgan fingerprint density at radius 3 is 2.04 bits per heavy atom. The average Bonchev–Trinajstić information content (AvgIpc) is 2.69. The van der Waals surface area contributed by atoms with Crippen LogP contribution in [0.3, 0.4) is 0 Å². The van der Waals surface area contributed by atoms with E-state index in [1.165, 1.54) is 23.6 Å². The molecule has 1 aromatic rings. The number of hydrogen-bond acceptors (Lipinski definition) is 3. The minimum Gasteiger partial charge on any atom is -0.352 e. The number of amides is 1. The largest absolute Gasteiger partial charge is 0.352 e. The van der Waals surface area contributed by atoms with Crippen LogP contribution < -0.4 is 5.32 Å². The van der Waals surface area contributed by atoms with E-state index >= 15 is 0 Å². The van der Waals surface area contributed by atoms with Crippen LogP contribution in [0.2, 0.25) is 0 Å². The highest BCUT2D eigenvalue weighted by atomic mass is 32.2. The first-order chi connectivity index (χ1) is 13.6. The van der Waals surface area contributed by atoms with Gasteiger partial charge in [-0.1, -0.05) is 69.6 Å². The SMILES string of the molecule is O=C(CN(C1CCCCC1)S(=O)(=O)c1ccccc1)NC1CCCCCCC1. The van der Waals surface area contributed by atoms with Crippen molar-refractivity contribution < 1.29 is 13.2 Å².